The van der Waals surface area contributed by atoms with E-state index in [-0.39, 0.29) is 11.6 Å². The number of rotatable bonds is 6. The number of aromatic nitrogens is 2. The second kappa shape index (κ2) is 6.00. The molecule has 0 saturated carbocycles. The molecule has 1 aromatic heterocycles. The average molecular weight is 253 g/mol. The van der Waals surface area contributed by atoms with E-state index in [0.717, 1.165) is 6.42 Å². The molecule has 0 radical (unpaired) electrons. The summed E-state index contributed by atoms with van der Waals surface area (Å²) in [4.78, 5) is 16.1. The normalized spacial score (nSPS) is 14.6. The number of hydrogen-bond acceptors (Lipinski definition) is 4. The van der Waals surface area contributed by atoms with Gasteiger partial charge in [-0.25, -0.2) is 4.98 Å². The standard InChI is InChI=1S/C13H23N3O2/c1-5-6-13(4,18)9-15-11-12(17)16(10(2)3)8-7-14-11/h7-8,10,18H,5-6,9H2,1-4H3,(H,14,15). The molecule has 0 fully saturated rings. The van der Waals surface area contributed by atoms with Gasteiger partial charge in [0.25, 0.3) is 5.56 Å². The maximum atomic E-state index is 12.0. The molecule has 18 heavy (non-hydrogen) atoms. The van der Waals surface area contributed by atoms with Gasteiger partial charge in [-0.15, -0.1) is 0 Å². The van der Waals surface area contributed by atoms with Crippen LogP contribution in [0.25, 0.3) is 0 Å². The van der Waals surface area contributed by atoms with E-state index in [9.17, 15) is 9.90 Å². The summed E-state index contributed by atoms with van der Waals surface area (Å²) in [6, 6.07) is 0.0946. The molecule has 1 unspecified atom stereocenters. The van der Waals surface area contributed by atoms with Crippen molar-refractivity contribution in [1.82, 2.24) is 9.55 Å². The minimum Gasteiger partial charge on any atom is -0.388 e. The lowest BCUT2D eigenvalue weighted by Gasteiger charge is -2.23. The Bertz CT molecular complexity index is 438. The van der Waals surface area contributed by atoms with E-state index >= 15 is 0 Å². The van der Waals surface area contributed by atoms with Gasteiger partial charge >= 0.3 is 0 Å². The van der Waals surface area contributed by atoms with E-state index in [1.807, 2.05) is 20.8 Å². The van der Waals surface area contributed by atoms with Gasteiger partial charge < -0.3 is 15.0 Å². The van der Waals surface area contributed by atoms with Crippen LogP contribution in [-0.4, -0.2) is 26.8 Å². The molecule has 0 aliphatic rings. The van der Waals surface area contributed by atoms with Gasteiger partial charge in [0, 0.05) is 25.0 Å². The third-order valence-corrected chi connectivity index (χ3v) is 2.85. The Labute approximate surface area is 108 Å². The number of hydrogen-bond donors (Lipinski definition) is 2. The summed E-state index contributed by atoms with van der Waals surface area (Å²) in [7, 11) is 0. The Morgan fingerprint density at radius 3 is 2.78 bits per heavy atom. The quantitative estimate of drug-likeness (QED) is 0.811. The van der Waals surface area contributed by atoms with Gasteiger partial charge in [0.1, 0.15) is 0 Å². The lowest BCUT2D eigenvalue weighted by Crippen LogP contribution is -2.36. The first-order chi connectivity index (χ1) is 8.37. The van der Waals surface area contributed by atoms with Crippen molar-refractivity contribution in [3.05, 3.63) is 22.7 Å². The van der Waals surface area contributed by atoms with Crippen LogP contribution in [0.1, 0.15) is 46.6 Å². The Hall–Kier alpha value is -1.36. The third-order valence-electron chi connectivity index (χ3n) is 2.85. The van der Waals surface area contributed by atoms with Gasteiger partial charge in [0.2, 0.25) is 0 Å². The van der Waals surface area contributed by atoms with Crippen molar-refractivity contribution in [2.45, 2.75) is 52.2 Å². The van der Waals surface area contributed by atoms with Crippen LogP contribution in [-0.2, 0) is 0 Å². The third kappa shape index (κ3) is 3.84. The van der Waals surface area contributed by atoms with Crippen molar-refractivity contribution in [2.75, 3.05) is 11.9 Å². The van der Waals surface area contributed by atoms with Crippen molar-refractivity contribution < 1.29 is 5.11 Å². The van der Waals surface area contributed by atoms with Gasteiger partial charge in [-0.05, 0) is 27.2 Å². The zero-order chi connectivity index (χ0) is 13.8. The number of nitrogens with zero attached hydrogens (tertiary/aromatic N) is 2. The number of nitrogens with one attached hydrogen (secondary N) is 1. The van der Waals surface area contributed by atoms with Crippen molar-refractivity contribution in [2.24, 2.45) is 0 Å². The summed E-state index contributed by atoms with van der Waals surface area (Å²) < 4.78 is 1.61. The monoisotopic (exact) mass is 253 g/mol. The smallest absolute Gasteiger partial charge is 0.293 e. The van der Waals surface area contributed by atoms with Crippen LogP contribution in [0.4, 0.5) is 5.82 Å². The van der Waals surface area contributed by atoms with E-state index in [1.165, 1.54) is 0 Å². The molecule has 5 heteroatoms. The van der Waals surface area contributed by atoms with Crippen LogP contribution in [0.3, 0.4) is 0 Å². The van der Waals surface area contributed by atoms with Gasteiger partial charge in [0.05, 0.1) is 5.60 Å². The fraction of sp³-hybridized carbons (Fsp3) is 0.692. The molecule has 1 atom stereocenters. The highest BCUT2D eigenvalue weighted by molar-refractivity contribution is 5.31. The van der Waals surface area contributed by atoms with Crippen molar-refractivity contribution in [3.63, 3.8) is 0 Å². The summed E-state index contributed by atoms with van der Waals surface area (Å²) in [5.41, 5.74) is -0.971. The first kappa shape index (κ1) is 14.7. The molecule has 0 bridgehead atoms. The maximum absolute atomic E-state index is 12.0. The molecule has 102 valence electrons. The van der Waals surface area contributed by atoms with Crippen LogP contribution < -0.4 is 10.9 Å². The van der Waals surface area contributed by atoms with Crippen molar-refractivity contribution in [3.8, 4) is 0 Å². The lowest BCUT2D eigenvalue weighted by molar-refractivity contribution is 0.0635. The first-order valence-corrected chi connectivity index (χ1v) is 6.41. The van der Waals surface area contributed by atoms with E-state index in [0.29, 0.717) is 18.8 Å². The molecular weight excluding hydrogens is 230 g/mol. The topological polar surface area (TPSA) is 67.2 Å². The Kier molecular flexibility index (Phi) is 4.90. The second-order valence-electron chi connectivity index (χ2n) is 5.18. The van der Waals surface area contributed by atoms with Crippen LogP contribution in [0.15, 0.2) is 17.2 Å². The highest BCUT2D eigenvalue weighted by Gasteiger charge is 2.19. The molecule has 5 nitrogen and oxygen atoms in total. The van der Waals surface area contributed by atoms with Crippen LogP contribution in [0.2, 0.25) is 0 Å². The molecule has 1 rings (SSSR count). The molecule has 0 spiro atoms. The Morgan fingerprint density at radius 1 is 1.56 bits per heavy atom. The summed E-state index contributed by atoms with van der Waals surface area (Å²) in [5, 5.41) is 13.0. The fourth-order valence-electron chi connectivity index (χ4n) is 1.85. The van der Waals surface area contributed by atoms with E-state index < -0.39 is 5.60 Å². The van der Waals surface area contributed by atoms with E-state index in [1.54, 1.807) is 23.9 Å². The Balaban J connectivity index is 2.80. The number of anilines is 1. The fourth-order valence-corrected chi connectivity index (χ4v) is 1.85. The lowest BCUT2D eigenvalue weighted by atomic mass is 10.0. The predicted molar refractivity (Wildman–Crippen MR) is 72.9 cm³/mol. The molecule has 0 aliphatic heterocycles. The van der Waals surface area contributed by atoms with Gasteiger partial charge in [-0.3, -0.25) is 4.79 Å². The average Bonchev–Trinajstić information content (AvgIpc) is 2.27. The van der Waals surface area contributed by atoms with Crippen molar-refractivity contribution >= 4 is 5.82 Å². The van der Waals surface area contributed by atoms with E-state index in [2.05, 4.69) is 10.3 Å². The molecule has 0 aliphatic carbocycles. The van der Waals surface area contributed by atoms with Crippen LogP contribution in [0.5, 0.6) is 0 Å². The van der Waals surface area contributed by atoms with Crippen molar-refractivity contribution in [1.29, 1.82) is 0 Å². The number of aliphatic hydroxyl groups is 1. The minimum absolute atomic E-state index is 0.0946. The largest absolute Gasteiger partial charge is 0.388 e. The zero-order valence-corrected chi connectivity index (χ0v) is 11.6. The highest BCUT2D eigenvalue weighted by Crippen LogP contribution is 2.12. The van der Waals surface area contributed by atoms with Gasteiger partial charge in [-0.1, -0.05) is 13.3 Å². The molecule has 2 N–H and O–H groups in total. The molecule has 0 aromatic carbocycles. The highest BCUT2D eigenvalue weighted by atomic mass is 16.3. The molecule has 0 amide bonds. The molecule has 0 saturated heterocycles. The second-order valence-corrected chi connectivity index (χ2v) is 5.18. The molecule has 1 aromatic rings. The summed E-state index contributed by atoms with van der Waals surface area (Å²) >= 11 is 0. The van der Waals surface area contributed by atoms with Crippen LogP contribution >= 0.6 is 0 Å². The zero-order valence-electron chi connectivity index (χ0n) is 11.6. The predicted octanol–water partition coefficient (Wildman–Crippen LogP) is 1.79. The summed E-state index contributed by atoms with van der Waals surface area (Å²) in [5.74, 6) is 0.294. The molecular formula is C13H23N3O2. The molecule has 1 heterocycles. The SMILES string of the molecule is CCCC(C)(O)CNc1nccn(C(C)C)c1=O. The van der Waals surface area contributed by atoms with Gasteiger partial charge in [-0.2, -0.15) is 0 Å². The van der Waals surface area contributed by atoms with Crippen LogP contribution in [0, 0.1) is 0 Å². The summed E-state index contributed by atoms with van der Waals surface area (Å²) in [6.45, 7) is 7.98. The Morgan fingerprint density at radius 2 is 2.22 bits per heavy atom. The summed E-state index contributed by atoms with van der Waals surface area (Å²) in [6.07, 6.45) is 4.85. The van der Waals surface area contributed by atoms with Gasteiger partial charge in [0.15, 0.2) is 5.82 Å². The minimum atomic E-state index is -0.818. The van der Waals surface area contributed by atoms with E-state index in [4.69, 9.17) is 0 Å². The first-order valence-electron chi connectivity index (χ1n) is 6.41. The maximum Gasteiger partial charge on any atom is 0.293 e.